The summed E-state index contributed by atoms with van der Waals surface area (Å²) in [5, 5.41) is 14.1. The molecule has 0 aliphatic heterocycles. The van der Waals surface area contributed by atoms with Gasteiger partial charge in [0.05, 0.1) is 6.42 Å². The van der Waals surface area contributed by atoms with Crippen LogP contribution < -0.4 is 5.32 Å². The number of benzene rings is 2. The maximum Gasteiger partial charge on any atom is 0.228 e. The minimum atomic E-state index is -0.317. The molecule has 0 fully saturated rings. The van der Waals surface area contributed by atoms with Crippen molar-refractivity contribution >= 4 is 11.6 Å². The monoisotopic (exact) mass is 311 g/mol. The zero-order valence-corrected chi connectivity index (χ0v) is 12.4. The third kappa shape index (κ3) is 3.57. The molecule has 1 heterocycles. The van der Waals surface area contributed by atoms with Gasteiger partial charge < -0.3 is 5.32 Å². The molecule has 23 heavy (non-hydrogen) atoms. The van der Waals surface area contributed by atoms with Gasteiger partial charge in [-0.3, -0.25) is 4.79 Å². The minimum Gasteiger partial charge on any atom is -0.326 e. The summed E-state index contributed by atoms with van der Waals surface area (Å²) in [6.07, 6.45) is 0.190. The number of hydrogen-bond donors (Lipinski definition) is 1. The Morgan fingerprint density at radius 3 is 2.43 bits per heavy atom. The zero-order chi connectivity index (χ0) is 16.2. The van der Waals surface area contributed by atoms with E-state index in [4.69, 9.17) is 0 Å². The maximum absolute atomic E-state index is 12.8. The van der Waals surface area contributed by atoms with Gasteiger partial charge in [0.25, 0.3) is 0 Å². The topological polar surface area (TPSA) is 72.7 Å². The third-order valence-electron chi connectivity index (χ3n) is 3.32. The standard InChI is InChI=1S/C16H14FN5O/c1-22-16(19-20-21-22)12-4-8-14(9-5-12)18-15(23)10-11-2-6-13(17)7-3-11/h2-9H,10H2,1H3,(H,18,23). The first-order chi connectivity index (χ1) is 11.1. The Labute approximate surface area is 132 Å². The number of amides is 1. The Hall–Kier alpha value is -3.09. The lowest BCUT2D eigenvalue weighted by Crippen LogP contribution is -2.14. The molecule has 0 atom stereocenters. The number of tetrazole rings is 1. The first-order valence-corrected chi connectivity index (χ1v) is 6.99. The van der Waals surface area contributed by atoms with Crippen molar-refractivity contribution in [3.8, 4) is 11.4 Å². The maximum atomic E-state index is 12.8. The summed E-state index contributed by atoms with van der Waals surface area (Å²) in [7, 11) is 1.76. The quantitative estimate of drug-likeness (QED) is 0.801. The van der Waals surface area contributed by atoms with E-state index in [0.717, 1.165) is 11.1 Å². The van der Waals surface area contributed by atoms with Crippen LogP contribution in [0.5, 0.6) is 0 Å². The highest BCUT2D eigenvalue weighted by atomic mass is 19.1. The number of halogens is 1. The minimum absolute atomic E-state index is 0.162. The molecule has 116 valence electrons. The summed E-state index contributed by atoms with van der Waals surface area (Å²) in [5.74, 6) is 0.168. The second kappa shape index (κ2) is 6.35. The van der Waals surface area contributed by atoms with E-state index >= 15 is 0 Å². The number of aryl methyl sites for hydroxylation is 1. The second-order valence-corrected chi connectivity index (χ2v) is 5.05. The number of nitrogens with zero attached hydrogens (tertiary/aromatic N) is 4. The van der Waals surface area contributed by atoms with Gasteiger partial charge in [-0.05, 0) is 52.4 Å². The number of carbonyl (C=O) groups excluding carboxylic acids is 1. The Balaban J connectivity index is 1.65. The van der Waals surface area contributed by atoms with Crippen LogP contribution in [0.3, 0.4) is 0 Å². The molecular weight excluding hydrogens is 297 g/mol. The van der Waals surface area contributed by atoms with Crippen molar-refractivity contribution in [2.45, 2.75) is 6.42 Å². The van der Waals surface area contributed by atoms with Crippen molar-refractivity contribution in [1.82, 2.24) is 20.2 Å². The van der Waals surface area contributed by atoms with Gasteiger partial charge in [-0.2, -0.15) is 0 Å². The summed E-state index contributed by atoms with van der Waals surface area (Å²) < 4.78 is 14.4. The largest absolute Gasteiger partial charge is 0.326 e. The predicted octanol–water partition coefficient (Wildman–Crippen LogP) is 2.20. The summed E-state index contributed by atoms with van der Waals surface area (Å²) in [6, 6.07) is 13.1. The van der Waals surface area contributed by atoms with Crippen LogP contribution in [0.25, 0.3) is 11.4 Å². The second-order valence-electron chi connectivity index (χ2n) is 5.05. The molecule has 3 aromatic rings. The number of hydrogen-bond acceptors (Lipinski definition) is 4. The average molecular weight is 311 g/mol. The average Bonchev–Trinajstić information content (AvgIpc) is 2.96. The fourth-order valence-corrected chi connectivity index (χ4v) is 2.17. The van der Waals surface area contributed by atoms with Crippen molar-refractivity contribution in [2.75, 3.05) is 5.32 Å². The molecule has 7 heteroatoms. The number of carbonyl (C=O) groups is 1. The smallest absolute Gasteiger partial charge is 0.228 e. The summed E-state index contributed by atoms with van der Waals surface area (Å²) >= 11 is 0. The number of rotatable bonds is 4. The summed E-state index contributed by atoms with van der Waals surface area (Å²) in [5.41, 5.74) is 2.29. The number of anilines is 1. The zero-order valence-electron chi connectivity index (χ0n) is 12.4. The van der Waals surface area contributed by atoms with Crippen molar-refractivity contribution < 1.29 is 9.18 Å². The van der Waals surface area contributed by atoms with E-state index in [1.807, 2.05) is 12.1 Å². The molecular formula is C16H14FN5O. The molecule has 1 amide bonds. The molecule has 3 rings (SSSR count). The predicted molar refractivity (Wildman–Crippen MR) is 83.0 cm³/mol. The van der Waals surface area contributed by atoms with Crippen LogP contribution in [-0.2, 0) is 18.3 Å². The summed E-state index contributed by atoms with van der Waals surface area (Å²) in [6.45, 7) is 0. The molecule has 2 aromatic carbocycles. The van der Waals surface area contributed by atoms with Crippen LogP contribution in [-0.4, -0.2) is 26.1 Å². The van der Waals surface area contributed by atoms with E-state index in [9.17, 15) is 9.18 Å². The summed E-state index contributed by atoms with van der Waals surface area (Å²) in [4.78, 5) is 12.0. The molecule has 0 aliphatic carbocycles. The van der Waals surface area contributed by atoms with Crippen LogP contribution in [0.2, 0.25) is 0 Å². The van der Waals surface area contributed by atoms with Crippen molar-refractivity contribution in [1.29, 1.82) is 0 Å². The van der Waals surface area contributed by atoms with Crippen molar-refractivity contribution in [2.24, 2.45) is 7.05 Å². The third-order valence-corrected chi connectivity index (χ3v) is 3.32. The fraction of sp³-hybridized carbons (Fsp3) is 0.125. The molecule has 0 unspecified atom stereocenters. The Kier molecular flexibility index (Phi) is 4.09. The van der Waals surface area contributed by atoms with Gasteiger partial charge in [0.1, 0.15) is 5.82 Å². The molecule has 6 nitrogen and oxygen atoms in total. The molecule has 0 spiro atoms. The van der Waals surface area contributed by atoms with Crippen LogP contribution in [0.1, 0.15) is 5.56 Å². The fourth-order valence-electron chi connectivity index (χ4n) is 2.17. The first kappa shape index (κ1) is 14.8. The highest BCUT2D eigenvalue weighted by Crippen LogP contribution is 2.18. The highest BCUT2D eigenvalue weighted by molar-refractivity contribution is 5.92. The van der Waals surface area contributed by atoms with E-state index in [1.54, 1.807) is 36.0 Å². The van der Waals surface area contributed by atoms with Crippen molar-refractivity contribution in [3.63, 3.8) is 0 Å². The van der Waals surface area contributed by atoms with Gasteiger partial charge in [0, 0.05) is 18.3 Å². The van der Waals surface area contributed by atoms with E-state index in [-0.39, 0.29) is 18.1 Å². The van der Waals surface area contributed by atoms with Gasteiger partial charge in [-0.25, -0.2) is 9.07 Å². The van der Waals surface area contributed by atoms with Crippen LogP contribution in [0.15, 0.2) is 48.5 Å². The van der Waals surface area contributed by atoms with Gasteiger partial charge in [0.2, 0.25) is 5.91 Å². The lowest BCUT2D eigenvalue weighted by Gasteiger charge is -2.06. The van der Waals surface area contributed by atoms with Crippen LogP contribution in [0, 0.1) is 5.82 Å². The Bertz CT molecular complexity index is 811. The van der Waals surface area contributed by atoms with E-state index in [0.29, 0.717) is 11.5 Å². The molecule has 1 aromatic heterocycles. The van der Waals surface area contributed by atoms with E-state index in [1.165, 1.54) is 12.1 Å². The Morgan fingerprint density at radius 2 is 1.83 bits per heavy atom. The lowest BCUT2D eigenvalue weighted by atomic mass is 10.1. The molecule has 0 radical (unpaired) electrons. The highest BCUT2D eigenvalue weighted by Gasteiger charge is 2.07. The van der Waals surface area contributed by atoms with Crippen LogP contribution in [0.4, 0.5) is 10.1 Å². The number of nitrogens with one attached hydrogen (secondary N) is 1. The number of aromatic nitrogens is 4. The van der Waals surface area contributed by atoms with Crippen LogP contribution >= 0.6 is 0 Å². The molecule has 0 aliphatic rings. The molecule has 1 N–H and O–H groups in total. The lowest BCUT2D eigenvalue weighted by molar-refractivity contribution is -0.115. The van der Waals surface area contributed by atoms with Gasteiger partial charge >= 0.3 is 0 Å². The SMILES string of the molecule is Cn1nnnc1-c1ccc(NC(=O)Cc2ccc(F)cc2)cc1. The Morgan fingerprint density at radius 1 is 1.13 bits per heavy atom. The van der Waals surface area contributed by atoms with E-state index in [2.05, 4.69) is 20.8 Å². The molecule has 0 saturated heterocycles. The van der Waals surface area contributed by atoms with Gasteiger partial charge in [0.15, 0.2) is 5.82 Å². The van der Waals surface area contributed by atoms with E-state index < -0.39 is 0 Å². The van der Waals surface area contributed by atoms with Gasteiger partial charge in [-0.15, -0.1) is 5.10 Å². The molecule has 0 saturated carbocycles. The normalized spacial score (nSPS) is 10.5. The van der Waals surface area contributed by atoms with Gasteiger partial charge in [-0.1, -0.05) is 12.1 Å². The first-order valence-electron chi connectivity index (χ1n) is 6.99. The molecule has 0 bridgehead atoms. The van der Waals surface area contributed by atoms with Crippen molar-refractivity contribution in [3.05, 3.63) is 59.9 Å².